The van der Waals surface area contributed by atoms with Gasteiger partial charge in [0.25, 0.3) is 0 Å². The summed E-state index contributed by atoms with van der Waals surface area (Å²) < 4.78 is 46.2. The molecule has 21 heavy (non-hydrogen) atoms. The molecule has 3 nitrogen and oxygen atoms in total. The Bertz CT molecular complexity index is 441. The summed E-state index contributed by atoms with van der Waals surface area (Å²) in [6, 6.07) is 5.78. The molecule has 0 aliphatic rings. The summed E-state index contributed by atoms with van der Waals surface area (Å²) in [7, 11) is 0. The number of ether oxygens (including phenoxy) is 2. The molecule has 0 heterocycles. The number of hydrogen-bond acceptors (Lipinski definition) is 3. The fourth-order valence-electron chi connectivity index (χ4n) is 1.55. The highest BCUT2D eigenvalue weighted by Crippen LogP contribution is 2.31. The lowest BCUT2D eigenvalue weighted by atomic mass is 10.1. The predicted molar refractivity (Wildman–Crippen MR) is 75.5 cm³/mol. The Hall–Kier alpha value is -1.43. The van der Waals surface area contributed by atoms with Crippen LogP contribution in [-0.2, 0) is 0 Å². The van der Waals surface area contributed by atoms with Crippen molar-refractivity contribution in [1.29, 1.82) is 0 Å². The Morgan fingerprint density at radius 3 is 2.19 bits per heavy atom. The maximum absolute atomic E-state index is 12.3. The van der Waals surface area contributed by atoms with E-state index in [9.17, 15) is 13.2 Å². The van der Waals surface area contributed by atoms with Crippen LogP contribution >= 0.6 is 0 Å². The van der Waals surface area contributed by atoms with E-state index in [1.54, 1.807) is 6.07 Å². The van der Waals surface area contributed by atoms with Gasteiger partial charge in [0.05, 0.1) is 6.61 Å². The van der Waals surface area contributed by atoms with Gasteiger partial charge in [0.1, 0.15) is 0 Å². The molecule has 0 amide bonds. The van der Waals surface area contributed by atoms with E-state index >= 15 is 0 Å². The first-order chi connectivity index (χ1) is 9.57. The maximum atomic E-state index is 12.3. The minimum absolute atomic E-state index is 0.00837. The predicted octanol–water partition coefficient (Wildman–Crippen LogP) is 3.99. The first-order valence-electron chi connectivity index (χ1n) is 6.79. The number of benzene rings is 1. The van der Waals surface area contributed by atoms with Crippen molar-refractivity contribution in [3.05, 3.63) is 24.3 Å². The van der Waals surface area contributed by atoms with E-state index in [0.717, 1.165) is 0 Å². The summed E-state index contributed by atoms with van der Waals surface area (Å²) in [6.45, 7) is 9.13. The average molecular weight is 305 g/mol. The van der Waals surface area contributed by atoms with Crippen LogP contribution in [0.5, 0.6) is 11.5 Å². The fourth-order valence-corrected chi connectivity index (χ4v) is 1.55. The number of halogens is 3. The van der Waals surface area contributed by atoms with Crippen LogP contribution in [-0.4, -0.2) is 25.1 Å². The molecule has 0 spiro atoms. The highest BCUT2D eigenvalue weighted by atomic mass is 19.4. The van der Waals surface area contributed by atoms with Crippen molar-refractivity contribution in [2.24, 2.45) is 5.92 Å². The van der Waals surface area contributed by atoms with Crippen molar-refractivity contribution in [1.82, 2.24) is 5.32 Å². The van der Waals surface area contributed by atoms with E-state index in [1.807, 2.05) is 27.7 Å². The molecule has 1 aromatic carbocycles. The number of rotatable bonds is 6. The van der Waals surface area contributed by atoms with Crippen LogP contribution in [0.25, 0.3) is 0 Å². The quantitative estimate of drug-likeness (QED) is 0.862. The molecule has 120 valence electrons. The molecule has 0 fully saturated rings. The van der Waals surface area contributed by atoms with Crippen LogP contribution in [0.3, 0.4) is 0 Å². The molecule has 0 radical (unpaired) electrons. The van der Waals surface area contributed by atoms with Crippen molar-refractivity contribution < 1.29 is 22.6 Å². The summed E-state index contributed by atoms with van der Waals surface area (Å²) in [5.41, 5.74) is -0.00837. The van der Waals surface area contributed by atoms with Gasteiger partial charge in [0, 0.05) is 18.0 Å². The summed E-state index contributed by atoms with van der Waals surface area (Å²) in [6.07, 6.45) is -4.72. The highest BCUT2D eigenvalue weighted by Gasteiger charge is 2.32. The number of alkyl halides is 3. The normalized spacial score (nSPS) is 13.9. The Kier molecular flexibility index (Phi) is 5.89. The second kappa shape index (κ2) is 7.02. The summed E-state index contributed by atoms with van der Waals surface area (Å²) in [4.78, 5) is 0. The lowest BCUT2D eigenvalue weighted by Gasteiger charge is -2.23. The van der Waals surface area contributed by atoms with Crippen LogP contribution in [0, 0.1) is 5.92 Å². The molecular formula is C15H22F3NO2. The van der Waals surface area contributed by atoms with Crippen LogP contribution in [0.15, 0.2) is 24.3 Å². The summed E-state index contributed by atoms with van der Waals surface area (Å²) in [5.74, 6) is -0.0680. The smallest absolute Gasteiger partial charge is 0.489 e. The van der Waals surface area contributed by atoms with E-state index in [-0.39, 0.29) is 23.0 Å². The molecule has 1 atom stereocenters. The molecule has 1 rings (SSSR count). The van der Waals surface area contributed by atoms with Crippen LogP contribution in [0.2, 0.25) is 0 Å². The molecule has 0 aliphatic carbocycles. The number of nitrogens with one attached hydrogen (secondary N) is 1. The van der Waals surface area contributed by atoms with Crippen molar-refractivity contribution in [2.75, 3.05) is 13.2 Å². The molecule has 1 N–H and O–H groups in total. The average Bonchev–Trinajstić information content (AvgIpc) is 2.32. The summed E-state index contributed by atoms with van der Waals surface area (Å²) >= 11 is 0. The van der Waals surface area contributed by atoms with Gasteiger partial charge in [-0.05, 0) is 32.9 Å². The minimum Gasteiger partial charge on any atom is -0.489 e. The lowest BCUT2D eigenvalue weighted by molar-refractivity contribution is -0.275. The van der Waals surface area contributed by atoms with Gasteiger partial charge in [-0.25, -0.2) is 0 Å². The largest absolute Gasteiger partial charge is 0.573 e. The first kappa shape index (κ1) is 17.6. The van der Waals surface area contributed by atoms with Gasteiger partial charge >= 0.3 is 6.36 Å². The van der Waals surface area contributed by atoms with Gasteiger partial charge in [-0.3, -0.25) is 0 Å². The minimum atomic E-state index is -4.72. The van der Waals surface area contributed by atoms with Crippen molar-refractivity contribution in [2.45, 2.75) is 39.6 Å². The van der Waals surface area contributed by atoms with Gasteiger partial charge in [-0.15, -0.1) is 13.2 Å². The van der Waals surface area contributed by atoms with Gasteiger partial charge in [0.2, 0.25) is 0 Å². The Labute approximate surface area is 123 Å². The molecule has 0 bridgehead atoms. The monoisotopic (exact) mass is 305 g/mol. The molecule has 1 aromatic rings. The molecule has 0 aromatic heterocycles. The lowest BCUT2D eigenvalue weighted by Crippen LogP contribution is -2.39. The number of hydrogen-bond donors (Lipinski definition) is 1. The molecule has 0 aliphatic heterocycles. The van der Waals surface area contributed by atoms with Crippen LogP contribution < -0.4 is 14.8 Å². The topological polar surface area (TPSA) is 30.5 Å². The van der Waals surface area contributed by atoms with Gasteiger partial charge in [-0.1, -0.05) is 19.1 Å². The summed E-state index contributed by atoms with van der Waals surface area (Å²) in [5, 5.41) is 3.32. The SMILES string of the molecule is CC(CNC(C)(C)C)COc1ccccc1OC(F)(F)F. The molecule has 1 unspecified atom stereocenters. The van der Waals surface area contributed by atoms with E-state index in [0.29, 0.717) is 13.2 Å². The number of para-hydroxylation sites is 2. The van der Waals surface area contributed by atoms with Gasteiger partial charge < -0.3 is 14.8 Å². The first-order valence-corrected chi connectivity index (χ1v) is 6.79. The third-order valence-electron chi connectivity index (χ3n) is 2.58. The highest BCUT2D eigenvalue weighted by molar-refractivity contribution is 5.39. The second-order valence-corrected chi connectivity index (χ2v) is 6.04. The van der Waals surface area contributed by atoms with Crippen molar-refractivity contribution >= 4 is 0 Å². The molecule has 0 saturated heterocycles. The molecule has 6 heteroatoms. The van der Waals surface area contributed by atoms with E-state index in [4.69, 9.17) is 4.74 Å². The van der Waals surface area contributed by atoms with Crippen molar-refractivity contribution in [3.63, 3.8) is 0 Å². The zero-order valence-electron chi connectivity index (χ0n) is 12.8. The second-order valence-electron chi connectivity index (χ2n) is 6.04. The van der Waals surface area contributed by atoms with E-state index < -0.39 is 6.36 Å². The maximum Gasteiger partial charge on any atom is 0.573 e. The van der Waals surface area contributed by atoms with Gasteiger partial charge in [0.15, 0.2) is 11.5 Å². The Balaban J connectivity index is 2.55. The standard InChI is InChI=1S/C15H22F3NO2/c1-11(9-19-14(2,3)4)10-20-12-7-5-6-8-13(12)21-15(16,17)18/h5-8,11,19H,9-10H2,1-4H3. The van der Waals surface area contributed by atoms with Crippen LogP contribution in [0.4, 0.5) is 13.2 Å². The zero-order chi connectivity index (χ0) is 16.1. The third kappa shape index (κ3) is 7.80. The van der Waals surface area contributed by atoms with Crippen LogP contribution in [0.1, 0.15) is 27.7 Å². The fraction of sp³-hybridized carbons (Fsp3) is 0.600. The Morgan fingerprint density at radius 1 is 1.10 bits per heavy atom. The molecular weight excluding hydrogens is 283 g/mol. The van der Waals surface area contributed by atoms with E-state index in [2.05, 4.69) is 10.1 Å². The molecule has 0 saturated carbocycles. The Morgan fingerprint density at radius 2 is 1.67 bits per heavy atom. The van der Waals surface area contributed by atoms with Gasteiger partial charge in [-0.2, -0.15) is 0 Å². The third-order valence-corrected chi connectivity index (χ3v) is 2.58. The van der Waals surface area contributed by atoms with E-state index in [1.165, 1.54) is 18.2 Å². The van der Waals surface area contributed by atoms with Crippen molar-refractivity contribution in [3.8, 4) is 11.5 Å². The zero-order valence-corrected chi connectivity index (χ0v) is 12.8.